The zero-order chi connectivity index (χ0) is 22.8. The Morgan fingerprint density at radius 2 is 2.00 bits per heavy atom. The highest BCUT2D eigenvalue weighted by atomic mass is 35.5. The number of amides is 1. The Morgan fingerprint density at radius 1 is 1.25 bits per heavy atom. The largest absolute Gasteiger partial charge is 0.495 e. The maximum Gasteiger partial charge on any atom is 0.252 e. The fraction of sp³-hybridized carbons (Fsp3) is 0.208. The zero-order valence-corrected chi connectivity index (χ0v) is 19.5. The number of rotatable bonds is 6. The summed E-state index contributed by atoms with van der Waals surface area (Å²) in [6.07, 6.45) is 0.428. The molecule has 2 heterocycles. The summed E-state index contributed by atoms with van der Waals surface area (Å²) in [6.45, 7) is 3.75. The molecule has 0 saturated carbocycles. The fourth-order valence-electron chi connectivity index (χ4n) is 3.76. The van der Waals surface area contributed by atoms with E-state index in [1.807, 2.05) is 43.5 Å². The number of carbonyl (C=O) groups is 1. The minimum absolute atomic E-state index is 0.248. The van der Waals surface area contributed by atoms with Gasteiger partial charge in [0.15, 0.2) is 5.13 Å². The number of ether oxygens (including phenoxy) is 1. The van der Waals surface area contributed by atoms with Crippen LogP contribution in [0.25, 0.3) is 22.2 Å². The number of benzene rings is 2. The van der Waals surface area contributed by atoms with E-state index >= 15 is 0 Å². The van der Waals surface area contributed by atoms with Crippen molar-refractivity contribution in [2.24, 2.45) is 0 Å². The van der Waals surface area contributed by atoms with E-state index in [0.717, 1.165) is 22.2 Å². The van der Waals surface area contributed by atoms with Gasteiger partial charge in [-0.3, -0.25) is 14.2 Å². The molecular formula is C24H22ClN3O3S. The lowest BCUT2D eigenvalue weighted by atomic mass is 10.1. The summed E-state index contributed by atoms with van der Waals surface area (Å²) in [5.74, 6) is 0.247. The second-order valence-electron chi connectivity index (χ2n) is 7.35. The predicted molar refractivity (Wildman–Crippen MR) is 130 cm³/mol. The molecule has 4 aromatic rings. The lowest BCUT2D eigenvalue weighted by Crippen LogP contribution is -2.33. The van der Waals surface area contributed by atoms with Gasteiger partial charge in [0.05, 0.1) is 18.3 Å². The first kappa shape index (κ1) is 22.0. The van der Waals surface area contributed by atoms with E-state index in [1.54, 1.807) is 31.4 Å². The minimum atomic E-state index is -0.718. The Kier molecular flexibility index (Phi) is 6.30. The van der Waals surface area contributed by atoms with Crippen molar-refractivity contribution in [3.63, 3.8) is 0 Å². The topological polar surface area (TPSA) is 73.2 Å². The third-order valence-corrected chi connectivity index (χ3v) is 6.35. The Balaban J connectivity index is 1.70. The monoisotopic (exact) mass is 467 g/mol. The summed E-state index contributed by atoms with van der Waals surface area (Å²) < 4.78 is 7.04. The standard InChI is InChI=1S/C24H22ClN3O3S/c1-4-19(28-21(29)12-14(2)17-6-5-7-20(31-3)22(17)28)23(30)27-24-26-18(13-32-24)15-8-10-16(25)11-9-15/h5-13,19H,4H2,1-3H3,(H,26,27,30). The summed E-state index contributed by atoms with van der Waals surface area (Å²) in [7, 11) is 1.56. The van der Waals surface area contributed by atoms with Crippen molar-refractivity contribution < 1.29 is 9.53 Å². The molecule has 0 aliphatic rings. The first-order chi connectivity index (χ1) is 15.4. The molecule has 32 heavy (non-hydrogen) atoms. The van der Waals surface area contributed by atoms with Crippen LogP contribution in [0.5, 0.6) is 5.75 Å². The molecule has 0 spiro atoms. The van der Waals surface area contributed by atoms with Gasteiger partial charge in [0.25, 0.3) is 5.56 Å². The van der Waals surface area contributed by atoms with Gasteiger partial charge in [-0.05, 0) is 37.1 Å². The summed E-state index contributed by atoms with van der Waals surface area (Å²) in [6, 6.07) is 13.8. The number of anilines is 1. The van der Waals surface area contributed by atoms with Gasteiger partial charge >= 0.3 is 0 Å². The first-order valence-corrected chi connectivity index (χ1v) is 11.4. The van der Waals surface area contributed by atoms with E-state index < -0.39 is 6.04 Å². The van der Waals surface area contributed by atoms with E-state index in [1.165, 1.54) is 15.9 Å². The molecule has 1 unspecified atom stereocenters. The van der Waals surface area contributed by atoms with Gasteiger partial charge in [0.2, 0.25) is 5.91 Å². The van der Waals surface area contributed by atoms with E-state index in [4.69, 9.17) is 16.3 Å². The molecular weight excluding hydrogens is 446 g/mol. The van der Waals surface area contributed by atoms with Gasteiger partial charge in [0, 0.05) is 27.4 Å². The van der Waals surface area contributed by atoms with Gasteiger partial charge in [-0.2, -0.15) is 0 Å². The molecule has 1 amide bonds. The Bertz CT molecular complexity index is 1350. The minimum Gasteiger partial charge on any atom is -0.495 e. The summed E-state index contributed by atoms with van der Waals surface area (Å²) >= 11 is 7.29. The maximum atomic E-state index is 13.3. The molecule has 0 aliphatic carbocycles. The Labute approximate surface area is 194 Å². The summed E-state index contributed by atoms with van der Waals surface area (Å²) in [5, 5.41) is 6.74. The number of nitrogens with one attached hydrogen (secondary N) is 1. The van der Waals surface area contributed by atoms with Crippen molar-refractivity contribution in [1.29, 1.82) is 0 Å². The third-order valence-electron chi connectivity index (χ3n) is 5.34. The second-order valence-corrected chi connectivity index (χ2v) is 8.64. The molecule has 1 atom stereocenters. The van der Waals surface area contributed by atoms with Crippen molar-refractivity contribution in [1.82, 2.24) is 9.55 Å². The van der Waals surface area contributed by atoms with Crippen LogP contribution in [0.3, 0.4) is 0 Å². The van der Waals surface area contributed by atoms with E-state index in [9.17, 15) is 9.59 Å². The van der Waals surface area contributed by atoms with Crippen LogP contribution in [0.15, 0.2) is 58.7 Å². The lowest BCUT2D eigenvalue weighted by Gasteiger charge is -2.21. The normalized spacial score (nSPS) is 12.0. The number of carbonyl (C=O) groups excluding carboxylic acids is 1. The molecule has 8 heteroatoms. The average Bonchev–Trinajstić information content (AvgIpc) is 3.24. The van der Waals surface area contributed by atoms with Crippen LogP contribution in [-0.4, -0.2) is 22.6 Å². The van der Waals surface area contributed by atoms with Gasteiger partial charge < -0.3 is 10.1 Å². The summed E-state index contributed by atoms with van der Waals surface area (Å²) in [4.78, 5) is 30.8. The van der Waals surface area contributed by atoms with E-state index in [-0.39, 0.29) is 11.5 Å². The number of aryl methyl sites for hydroxylation is 1. The van der Waals surface area contributed by atoms with Crippen LogP contribution in [-0.2, 0) is 4.79 Å². The van der Waals surface area contributed by atoms with Gasteiger partial charge in [-0.25, -0.2) is 4.98 Å². The van der Waals surface area contributed by atoms with Crippen molar-refractivity contribution >= 4 is 44.9 Å². The first-order valence-electron chi connectivity index (χ1n) is 10.1. The van der Waals surface area contributed by atoms with Crippen molar-refractivity contribution in [2.45, 2.75) is 26.3 Å². The van der Waals surface area contributed by atoms with E-state index in [2.05, 4.69) is 10.3 Å². The average molecular weight is 468 g/mol. The SMILES string of the molecule is CCC(C(=O)Nc1nc(-c2ccc(Cl)cc2)cs1)n1c(=O)cc(C)c2cccc(OC)c21. The number of para-hydroxylation sites is 1. The van der Waals surface area contributed by atoms with Crippen LogP contribution in [0.4, 0.5) is 5.13 Å². The molecule has 2 aromatic carbocycles. The molecule has 0 saturated heterocycles. The van der Waals surface area contributed by atoms with Crippen LogP contribution < -0.4 is 15.6 Å². The van der Waals surface area contributed by atoms with Crippen LogP contribution in [0, 0.1) is 6.92 Å². The maximum absolute atomic E-state index is 13.3. The van der Waals surface area contributed by atoms with Gasteiger partial charge in [-0.15, -0.1) is 11.3 Å². The number of halogens is 1. The van der Waals surface area contributed by atoms with Crippen molar-refractivity contribution in [3.8, 4) is 17.0 Å². The van der Waals surface area contributed by atoms with Crippen LogP contribution in [0.1, 0.15) is 24.9 Å². The molecule has 0 radical (unpaired) electrons. The predicted octanol–water partition coefficient (Wildman–Crippen LogP) is 5.69. The van der Waals surface area contributed by atoms with Crippen LogP contribution in [0.2, 0.25) is 5.02 Å². The Hall–Kier alpha value is -3.16. The number of hydrogen-bond donors (Lipinski definition) is 1. The number of pyridine rings is 1. The highest BCUT2D eigenvalue weighted by molar-refractivity contribution is 7.14. The number of thiazole rings is 1. The summed E-state index contributed by atoms with van der Waals surface area (Å²) in [5.41, 5.74) is 2.85. The van der Waals surface area contributed by atoms with Crippen molar-refractivity contribution in [2.75, 3.05) is 12.4 Å². The molecule has 0 aliphatic heterocycles. The fourth-order valence-corrected chi connectivity index (χ4v) is 4.61. The highest BCUT2D eigenvalue weighted by Gasteiger charge is 2.24. The molecule has 0 fully saturated rings. The number of fused-ring (bicyclic) bond motifs is 1. The quantitative estimate of drug-likeness (QED) is 0.395. The van der Waals surface area contributed by atoms with Gasteiger partial charge in [-0.1, -0.05) is 42.8 Å². The smallest absolute Gasteiger partial charge is 0.252 e. The number of nitrogens with zero attached hydrogens (tertiary/aromatic N) is 2. The molecule has 1 N–H and O–H groups in total. The lowest BCUT2D eigenvalue weighted by molar-refractivity contribution is -0.119. The van der Waals surface area contributed by atoms with Gasteiger partial charge in [0.1, 0.15) is 11.8 Å². The second kappa shape index (κ2) is 9.14. The molecule has 164 valence electrons. The highest BCUT2D eigenvalue weighted by Crippen LogP contribution is 2.31. The Morgan fingerprint density at radius 3 is 2.69 bits per heavy atom. The van der Waals surface area contributed by atoms with Crippen LogP contribution >= 0.6 is 22.9 Å². The third kappa shape index (κ3) is 4.13. The number of methoxy groups -OCH3 is 1. The molecule has 6 nitrogen and oxygen atoms in total. The zero-order valence-electron chi connectivity index (χ0n) is 17.9. The van der Waals surface area contributed by atoms with Crippen molar-refractivity contribution in [3.05, 3.63) is 74.9 Å². The number of hydrogen-bond acceptors (Lipinski definition) is 5. The molecule has 0 bridgehead atoms. The van der Waals surface area contributed by atoms with E-state index in [0.29, 0.717) is 27.8 Å². The number of aromatic nitrogens is 2. The molecule has 2 aromatic heterocycles. The molecule has 4 rings (SSSR count).